The number of halogens is 1. The fourth-order valence-electron chi connectivity index (χ4n) is 2.29. The van der Waals surface area contributed by atoms with Gasteiger partial charge in [0.2, 0.25) is 0 Å². The molecule has 1 saturated heterocycles. The summed E-state index contributed by atoms with van der Waals surface area (Å²) in [5.74, 6) is 0. The van der Waals surface area contributed by atoms with Crippen molar-refractivity contribution in [3.63, 3.8) is 0 Å². The molecule has 0 saturated carbocycles. The molecule has 82 valence electrons. The van der Waals surface area contributed by atoms with Gasteiger partial charge in [-0.1, -0.05) is 23.7 Å². The smallest absolute Gasteiger partial charge is 0.0559 e. The molecule has 1 aliphatic rings. The molecule has 1 heterocycles. The van der Waals surface area contributed by atoms with E-state index >= 15 is 0 Å². The molecular formula is C12H17ClN2. The Morgan fingerprint density at radius 1 is 1.40 bits per heavy atom. The van der Waals surface area contributed by atoms with Crippen molar-refractivity contribution in [3.8, 4) is 0 Å². The minimum absolute atomic E-state index is 0.0524. The van der Waals surface area contributed by atoms with E-state index in [1.54, 1.807) is 0 Å². The summed E-state index contributed by atoms with van der Waals surface area (Å²) in [6, 6.07) is 8.02. The minimum Gasteiger partial charge on any atom is -0.328 e. The third kappa shape index (κ3) is 2.17. The lowest BCUT2D eigenvalue weighted by Gasteiger charge is -2.38. The highest BCUT2D eigenvalue weighted by atomic mass is 35.5. The first-order chi connectivity index (χ1) is 7.27. The van der Waals surface area contributed by atoms with Gasteiger partial charge in [0.05, 0.1) is 5.54 Å². The Morgan fingerprint density at radius 3 is 2.87 bits per heavy atom. The van der Waals surface area contributed by atoms with Crippen LogP contribution in [0.2, 0.25) is 5.02 Å². The second-order valence-electron chi connectivity index (χ2n) is 4.18. The van der Waals surface area contributed by atoms with Gasteiger partial charge in [-0.05, 0) is 43.5 Å². The average Bonchev–Trinajstić information content (AvgIpc) is 2.30. The first-order valence-electron chi connectivity index (χ1n) is 5.48. The van der Waals surface area contributed by atoms with E-state index in [1.165, 1.54) is 18.4 Å². The maximum absolute atomic E-state index is 6.01. The van der Waals surface area contributed by atoms with Crippen LogP contribution in [0.25, 0.3) is 0 Å². The van der Waals surface area contributed by atoms with Crippen molar-refractivity contribution in [1.29, 1.82) is 0 Å². The molecule has 0 aromatic heterocycles. The highest BCUT2D eigenvalue weighted by molar-refractivity contribution is 6.30. The normalized spacial score (nSPS) is 26.5. The standard InChI is InChI=1S/C12H17ClN2/c13-11-5-3-4-10(8-11)12(9-14)6-1-2-7-15-12/h3-5,8,15H,1-2,6-7,9,14H2. The van der Waals surface area contributed by atoms with Crippen LogP contribution in [0.5, 0.6) is 0 Å². The van der Waals surface area contributed by atoms with Crippen LogP contribution in [0.15, 0.2) is 24.3 Å². The van der Waals surface area contributed by atoms with Crippen molar-refractivity contribution in [2.45, 2.75) is 24.8 Å². The number of hydrogen-bond acceptors (Lipinski definition) is 2. The van der Waals surface area contributed by atoms with E-state index in [0.29, 0.717) is 6.54 Å². The zero-order valence-electron chi connectivity index (χ0n) is 8.80. The maximum Gasteiger partial charge on any atom is 0.0559 e. The van der Waals surface area contributed by atoms with Crippen molar-refractivity contribution >= 4 is 11.6 Å². The molecule has 1 fully saturated rings. The number of hydrogen-bond donors (Lipinski definition) is 2. The van der Waals surface area contributed by atoms with Crippen molar-refractivity contribution in [1.82, 2.24) is 5.32 Å². The van der Waals surface area contributed by atoms with Crippen LogP contribution in [0.3, 0.4) is 0 Å². The van der Waals surface area contributed by atoms with Gasteiger partial charge in [-0.25, -0.2) is 0 Å². The zero-order chi connectivity index (χ0) is 10.7. The molecule has 0 amide bonds. The van der Waals surface area contributed by atoms with Gasteiger partial charge in [0, 0.05) is 11.6 Å². The van der Waals surface area contributed by atoms with Crippen molar-refractivity contribution in [2.24, 2.45) is 5.73 Å². The first-order valence-corrected chi connectivity index (χ1v) is 5.86. The zero-order valence-corrected chi connectivity index (χ0v) is 9.56. The van der Waals surface area contributed by atoms with Crippen LogP contribution >= 0.6 is 11.6 Å². The summed E-state index contributed by atoms with van der Waals surface area (Å²) in [6.07, 6.45) is 3.57. The molecule has 1 aromatic carbocycles. The SMILES string of the molecule is NCC1(c2cccc(Cl)c2)CCCCN1. The van der Waals surface area contributed by atoms with E-state index in [4.69, 9.17) is 17.3 Å². The summed E-state index contributed by atoms with van der Waals surface area (Å²) in [4.78, 5) is 0. The molecule has 1 aromatic rings. The van der Waals surface area contributed by atoms with Gasteiger partial charge in [0.15, 0.2) is 0 Å². The fourth-order valence-corrected chi connectivity index (χ4v) is 2.48. The summed E-state index contributed by atoms with van der Waals surface area (Å²) in [5.41, 5.74) is 7.08. The number of benzene rings is 1. The Hall–Kier alpha value is -0.570. The Kier molecular flexibility index (Phi) is 3.29. The van der Waals surface area contributed by atoms with Crippen LogP contribution in [-0.4, -0.2) is 13.1 Å². The molecule has 3 heteroatoms. The lowest BCUT2D eigenvalue weighted by Crippen LogP contribution is -2.51. The number of nitrogens with one attached hydrogen (secondary N) is 1. The highest BCUT2D eigenvalue weighted by Crippen LogP contribution is 2.30. The monoisotopic (exact) mass is 224 g/mol. The van der Waals surface area contributed by atoms with Gasteiger partial charge in [-0.15, -0.1) is 0 Å². The predicted molar refractivity (Wildman–Crippen MR) is 64.0 cm³/mol. The molecule has 0 radical (unpaired) electrons. The summed E-state index contributed by atoms with van der Waals surface area (Å²) in [5, 5.41) is 4.33. The molecule has 1 atom stereocenters. The van der Waals surface area contributed by atoms with Gasteiger partial charge in [-0.2, -0.15) is 0 Å². The van der Waals surface area contributed by atoms with E-state index in [2.05, 4.69) is 11.4 Å². The van der Waals surface area contributed by atoms with Gasteiger partial charge >= 0.3 is 0 Å². The van der Waals surface area contributed by atoms with Gasteiger partial charge in [0.25, 0.3) is 0 Å². The van der Waals surface area contributed by atoms with E-state index in [-0.39, 0.29) is 5.54 Å². The third-order valence-electron chi connectivity index (χ3n) is 3.22. The summed E-state index contributed by atoms with van der Waals surface area (Å²) >= 11 is 6.01. The summed E-state index contributed by atoms with van der Waals surface area (Å²) in [7, 11) is 0. The fraction of sp³-hybridized carbons (Fsp3) is 0.500. The number of rotatable bonds is 2. The molecule has 0 bridgehead atoms. The topological polar surface area (TPSA) is 38.0 Å². The van der Waals surface area contributed by atoms with E-state index < -0.39 is 0 Å². The molecule has 0 aliphatic carbocycles. The minimum atomic E-state index is -0.0524. The molecule has 2 rings (SSSR count). The number of nitrogens with two attached hydrogens (primary N) is 1. The Bertz CT molecular complexity index is 332. The van der Waals surface area contributed by atoms with E-state index in [9.17, 15) is 0 Å². The summed E-state index contributed by atoms with van der Waals surface area (Å²) in [6.45, 7) is 1.68. The van der Waals surface area contributed by atoms with Gasteiger partial charge in [-0.3, -0.25) is 0 Å². The van der Waals surface area contributed by atoms with E-state index in [0.717, 1.165) is 18.0 Å². The quantitative estimate of drug-likeness (QED) is 0.809. The Morgan fingerprint density at radius 2 is 2.27 bits per heavy atom. The van der Waals surface area contributed by atoms with Crippen molar-refractivity contribution in [3.05, 3.63) is 34.9 Å². The predicted octanol–water partition coefficient (Wildman–Crippen LogP) is 2.27. The van der Waals surface area contributed by atoms with Crippen molar-refractivity contribution in [2.75, 3.05) is 13.1 Å². The summed E-state index contributed by atoms with van der Waals surface area (Å²) < 4.78 is 0. The average molecular weight is 225 g/mol. The van der Waals surface area contributed by atoms with Crippen LogP contribution in [0.1, 0.15) is 24.8 Å². The molecule has 15 heavy (non-hydrogen) atoms. The van der Waals surface area contributed by atoms with Gasteiger partial charge in [0.1, 0.15) is 0 Å². The second-order valence-corrected chi connectivity index (χ2v) is 4.62. The highest BCUT2D eigenvalue weighted by Gasteiger charge is 2.31. The van der Waals surface area contributed by atoms with Crippen molar-refractivity contribution < 1.29 is 0 Å². The number of piperidine rings is 1. The maximum atomic E-state index is 6.01. The molecule has 1 unspecified atom stereocenters. The van der Waals surface area contributed by atoms with Gasteiger partial charge < -0.3 is 11.1 Å². The van der Waals surface area contributed by atoms with E-state index in [1.807, 2.05) is 18.2 Å². The Labute approximate surface area is 95.8 Å². The van der Waals surface area contributed by atoms with Crippen LogP contribution in [0.4, 0.5) is 0 Å². The van der Waals surface area contributed by atoms with Crippen LogP contribution < -0.4 is 11.1 Å². The molecule has 1 aliphatic heterocycles. The molecule has 2 nitrogen and oxygen atoms in total. The second kappa shape index (κ2) is 4.52. The third-order valence-corrected chi connectivity index (χ3v) is 3.45. The van der Waals surface area contributed by atoms with Crippen LogP contribution in [-0.2, 0) is 5.54 Å². The largest absolute Gasteiger partial charge is 0.328 e. The molecular weight excluding hydrogens is 208 g/mol. The first kappa shape index (κ1) is 10.9. The lowest BCUT2D eigenvalue weighted by atomic mass is 9.82. The Balaban J connectivity index is 2.32. The molecule has 3 N–H and O–H groups in total. The molecule has 0 spiro atoms. The van der Waals surface area contributed by atoms with Crippen LogP contribution in [0, 0.1) is 0 Å². The lowest BCUT2D eigenvalue weighted by molar-refractivity contribution is 0.265.